The van der Waals surface area contributed by atoms with E-state index in [9.17, 15) is 36.2 Å². The second-order valence-electron chi connectivity index (χ2n) is 6.04. The van der Waals surface area contributed by atoms with Crippen molar-refractivity contribution in [2.24, 2.45) is 5.41 Å². The fourth-order valence-corrected chi connectivity index (χ4v) is 1.70. The topological polar surface area (TPSA) is 46.5 Å². The summed E-state index contributed by atoms with van der Waals surface area (Å²) in [4.78, 5) is 11.9. The van der Waals surface area contributed by atoms with Gasteiger partial charge in [0, 0.05) is 0 Å². The molecule has 9 heteroatoms. The van der Waals surface area contributed by atoms with Crippen LogP contribution in [0.3, 0.4) is 0 Å². The van der Waals surface area contributed by atoms with Crippen LogP contribution in [0.1, 0.15) is 53.4 Å². The van der Waals surface area contributed by atoms with Gasteiger partial charge in [0.1, 0.15) is 6.10 Å². The zero-order valence-electron chi connectivity index (χ0n) is 13.4. The molecule has 0 fully saturated rings. The maximum atomic E-state index is 12.9. The lowest BCUT2D eigenvalue weighted by Gasteiger charge is -2.39. The Bertz CT molecular complexity index is 386. The van der Waals surface area contributed by atoms with Crippen LogP contribution in [0.2, 0.25) is 0 Å². The van der Waals surface area contributed by atoms with Crippen molar-refractivity contribution in [3.05, 3.63) is 0 Å². The molecule has 0 spiro atoms. The fraction of sp³-hybridized carbons (Fsp3) is 0.929. The summed E-state index contributed by atoms with van der Waals surface area (Å²) >= 11 is 0. The smallest absolute Gasteiger partial charge is 0.430 e. The van der Waals surface area contributed by atoms with E-state index in [1.807, 2.05) is 0 Å². The van der Waals surface area contributed by atoms with Crippen molar-refractivity contribution in [2.75, 3.05) is 0 Å². The summed E-state index contributed by atoms with van der Waals surface area (Å²) < 4.78 is 82.2. The third kappa shape index (κ3) is 4.74. The predicted molar refractivity (Wildman–Crippen MR) is 70.5 cm³/mol. The van der Waals surface area contributed by atoms with Crippen LogP contribution in [0.4, 0.5) is 26.3 Å². The number of esters is 1. The number of alkyl halides is 6. The SMILES string of the molecule is CCCCC(OC(=O)C(C)(C)CC)C(O)(C(F)(F)F)C(F)(F)F. The van der Waals surface area contributed by atoms with Crippen LogP contribution in [0.25, 0.3) is 0 Å². The second-order valence-corrected chi connectivity index (χ2v) is 6.04. The Kier molecular flexibility index (Phi) is 6.96. The lowest BCUT2D eigenvalue weighted by molar-refractivity contribution is -0.392. The summed E-state index contributed by atoms with van der Waals surface area (Å²) in [5.41, 5.74) is -6.36. The Morgan fingerprint density at radius 1 is 1.04 bits per heavy atom. The first-order valence-electron chi connectivity index (χ1n) is 7.22. The molecule has 0 rings (SSSR count). The summed E-state index contributed by atoms with van der Waals surface area (Å²) in [5.74, 6) is -1.21. The first-order valence-corrected chi connectivity index (χ1v) is 7.22. The van der Waals surface area contributed by atoms with Crippen LogP contribution < -0.4 is 0 Å². The molecule has 138 valence electrons. The number of hydrogen-bond acceptors (Lipinski definition) is 3. The van der Waals surface area contributed by atoms with Crippen molar-refractivity contribution in [1.29, 1.82) is 0 Å². The van der Waals surface area contributed by atoms with E-state index in [1.54, 1.807) is 13.8 Å². The molecule has 0 aromatic carbocycles. The molecule has 0 aromatic rings. The lowest BCUT2D eigenvalue weighted by Crippen LogP contribution is -2.65. The summed E-state index contributed by atoms with van der Waals surface area (Å²) in [6.07, 6.45) is -15.2. The normalized spacial score (nSPS) is 15.4. The number of ether oxygens (including phenoxy) is 1. The monoisotopic (exact) mass is 352 g/mol. The van der Waals surface area contributed by atoms with Gasteiger partial charge in [-0.15, -0.1) is 0 Å². The van der Waals surface area contributed by atoms with E-state index in [-0.39, 0.29) is 19.3 Å². The van der Waals surface area contributed by atoms with E-state index in [0.717, 1.165) is 0 Å². The molecule has 0 aliphatic heterocycles. The molecule has 3 nitrogen and oxygen atoms in total. The fourth-order valence-electron chi connectivity index (χ4n) is 1.70. The van der Waals surface area contributed by atoms with Gasteiger partial charge in [-0.25, -0.2) is 0 Å². The molecule has 1 unspecified atom stereocenters. The maximum absolute atomic E-state index is 12.9. The van der Waals surface area contributed by atoms with Gasteiger partial charge < -0.3 is 9.84 Å². The largest absolute Gasteiger partial charge is 0.458 e. The van der Waals surface area contributed by atoms with Crippen molar-refractivity contribution >= 4 is 5.97 Å². The predicted octanol–water partition coefficient (Wildman–Crippen LogP) is 4.38. The van der Waals surface area contributed by atoms with E-state index < -0.39 is 41.9 Å². The first kappa shape index (κ1) is 22.0. The van der Waals surface area contributed by atoms with Gasteiger partial charge in [0.15, 0.2) is 0 Å². The lowest BCUT2D eigenvalue weighted by atomic mass is 9.88. The molecule has 0 amide bonds. The van der Waals surface area contributed by atoms with Crippen molar-refractivity contribution in [3.63, 3.8) is 0 Å². The van der Waals surface area contributed by atoms with Gasteiger partial charge in [-0.05, 0) is 33.1 Å². The molecule has 1 atom stereocenters. The van der Waals surface area contributed by atoms with Crippen LogP contribution in [0.5, 0.6) is 0 Å². The standard InChI is InChI=1S/C14H22F6O3/c1-5-7-8-9(23-10(21)11(3,4)6-2)12(22,13(15,16)17)14(18,19)20/h9,22H,5-8H2,1-4H3. The summed E-state index contributed by atoms with van der Waals surface area (Å²) in [7, 11) is 0. The molecule has 0 aliphatic carbocycles. The molecule has 23 heavy (non-hydrogen) atoms. The minimum Gasteiger partial charge on any atom is -0.458 e. The van der Waals surface area contributed by atoms with Crippen LogP contribution in [0.15, 0.2) is 0 Å². The number of carbonyl (C=O) groups is 1. The summed E-state index contributed by atoms with van der Waals surface area (Å²) in [6.45, 7) is 5.77. The Labute approximate surface area is 131 Å². The Morgan fingerprint density at radius 3 is 1.78 bits per heavy atom. The molecule has 0 heterocycles. The van der Waals surface area contributed by atoms with Crippen LogP contribution >= 0.6 is 0 Å². The van der Waals surface area contributed by atoms with E-state index in [2.05, 4.69) is 4.74 Å². The van der Waals surface area contributed by atoms with Gasteiger partial charge in [-0.1, -0.05) is 20.3 Å². The minimum atomic E-state index is -6.03. The quantitative estimate of drug-likeness (QED) is 0.546. The third-order valence-corrected chi connectivity index (χ3v) is 3.84. The average molecular weight is 352 g/mol. The third-order valence-electron chi connectivity index (χ3n) is 3.84. The molecule has 0 saturated heterocycles. The van der Waals surface area contributed by atoms with Crippen molar-refractivity contribution in [1.82, 2.24) is 0 Å². The molecular formula is C14H22F6O3. The van der Waals surface area contributed by atoms with Crippen molar-refractivity contribution < 1.29 is 41.0 Å². The van der Waals surface area contributed by atoms with Crippen molar-refractivity contribution in [2.45, 2.75) is 77.4 Å². The zero-order chi connectivity index (χ0) is 18.7. The number of aliphatic hydroxyl groups is 1. The zero-order valence-corrected chi connectivity index (χ0v) is 13.4. The number of hydrogen-bond donors (Lipinski definition) is 1. The van der Waals surface area contributed by atoms with Crippen molar-refractivity contribution in [3.8, 4) is 0 Å². The Morgan fingerprint density at radius 2 is 1.48 bits per heavy atom. The van der Waals surface area contributed by atoms with Gasteiger partial charge >= 0.3 is 18.3 Å². The molecule has 0 saturated carbocycles. The van der Waals surface area contributed by atoms with Crippen LogP contribution in [-0.4, -0.2) is 35.1 Å². The second kappa shape index (κ2) is 7.27. The van der Waals surface area contributed by atoms with Gasteiger partial charge in [0.25, 0.3) is 5.60 Å². The van der Waals surface area contributed by atoms with E-state index in [4.69, 9.17) is 0 Å². The van der Waals surface area contributed by atoms with Gasteiger partial charge in [0.05, 0.1) is 5.41 Å². The molecule has 0 bridgehead atoms. The highest BCUT2D eigenvalue weighted by Gasteiger charge is 2.75. The molecule has 0 aromatic heterocycles. The number of unbranched alkanes of at least 4 members (excludes halogenated alkanes) is 1. The van der Waals surface area contributed by atoms with Crippen LogP contribution in [0, 0.1) is 5.41 Å². The number of rotatable bonds is 7. The van der Waals surface area contributed by atoms with Crippen LogP contribution in [-0.2, 0) is 9.53 Å². The highest BCUT2D eigenvalue weighted by molar-refractivity contribution is 5.76. The molecule has 1 N–H and O–H groups in total. The van der Waals surface area contributed by atoms with E-state index >= 15 is 0 Å². The Hall–Kier alpha value is -0.990. The number of halogens is 6. The highest BCUT2D eigenvalue weighted by Crippen LogP contribution is 2.47. The molecule has 0 aliphatic rings. The first-order chi connectivity index (χ1) is 10.1. The maximum Gasteiger partial charge on any atom is 0.430 e. The minimum absolute atomic E-state index is 0.0705. The average Bonchev–Trinajstić information content (AvgIpc) is 2.39. The number of carbonyl (C=O) groups excluding carboxylic acids is 1. The molecule has 0 radical (unpaired) electrons. The van der Waals surface area contributed by atoms with Gasteiger partial charge in [-0.2, -0.15) is 26.3 Å². The van der Waals surface area contributed by atoms with E-state index in [1.165, 1.54) is 13.8 Å². The summed E-state index contributed by atoms with van der Waals surface area (Å²) in [6, 6.07) is 0. The summed E-state index contributed by atoms with van der Waals surface area (Å²) in [5, 5.41) is 9.43. The highest BCUT2D eigenvalue weighted by atomic mass is 19.4. The Balaban J connectivity index is 5.80. The van der Waals surface area contributed by atoms with E-state index in [0.29, 0.717) is 0 Å². The van der Waals surface area contributed by atoms with Gasteiger partial charge in [-0.3, -0.25) is 4.79 Å². The van der Waals surface area contributed by atoms with Gasteiger partial charge in [0.2, 0.25) is 0 Å². The molecular weight excluding hydrogens is 330 g/mol.